The van der Waals surface area contributed by atoms with Crippen molar-refractivity contribution in [3.63, 3.8) is 0 Å². The summed E-state index contributed by atoms with van der Waals surface area (Å²) >= 11 is 0. The molecule has 1 unspecified atom stereocenters. The van der Waals surface area contributed by atoms with Gasteiger partial charge >= 0.3 is 35.6 Å². The van der Waals surface area contributed by atoms with Crippen molar-refractivity contribution >= 4 is 5.97 Å². The van der Waals surface area contributed by atoms with Gasteiger partial charge in [0.1, 0.15) is 0 Å². The molecule has 1 aliphatic rings. The van der Waals surface area contributed by atoms with Crippen LogP contribution in [0, 0.1) is 5.92 Å². The van der Waals surface area contributed by atoms with Crippen LogP contribution < -0.4 is 0 Å². The van der Waals surface area contributed by atoms with Crippen molar-refractivity contribution in [2.45, 2.75) is 55.5 Å². The highest BCUT2D eigenvalue weighted by atomic mass is 19.4. The van der Waals surface area contributed by atoms with Crippen LogP contribution in [0.15, 0.2) is 0 Å². The maximum Gasteiger partial charge on any atom is 0.384 e. The third-order valence-electron chi connectivity index (χ3n) is 3.85. The highest BCUT2D eigenvalue weighted by Gasteiger charge is 3.00. The SMILES string of the molecule is CCOC(=O)C(C)CC1(F)C(F)(F)C(F)(F)C(F)(F)C(F)(F)C1(F)F. The van der Waals surface area contributed by atoms with Gasteiger partial charge in [-0.3, -0.25) is 4.79 Å². The summed E-state index contributed by atoms with van der Waals surface area (Å²) in [5, 5.41) is 0. The first-order valence-electron chi connectivity index (χ1n) is 6.61. The van der Waals surface area contributed by atoms with Gasteiger partial charge in [0.2, 0.25) is 5.67 Å². The fraction of sp³-hybridized carbons (Fsp3) is 0.917. The number of hydrogen-bond donors (Lipinski definition) is 0. The lowest BCUT2D eigenvalue weighted by molar-refractivity contribution is -0.486. The summed E-state index contributed by atoms with van der Waals surface area (Å²) in [5.41, 5.74) is -6.15. The maximum absolute atomic E-state index is 14.3. The minimum absolute atomic E-state index is 0.453. The summed E-state index contributed by atoms with van der Waals surface area (Å²) in [7, 11) is 0. The Hall–Kier alpha value is -1.30. The van der Waals surface area contributed by atoms with Crippen molar-refractivity contribution < 1.29 is 57.8 Å². The zero-order valence-electron chi connectivity index (χ0n) is 12.5. The van der Waals surface area contributed by atoms with Gasteiger partial charge in [-0.1, -0.05) is 6.92 Å². The van der Waals surface area contributed by atoms with E-state index in [1.807, 2.05) is 0 Å². The van der Waals surface area contributed by atoms with Crippen LogP contribution in [0.25, 0.3) is 0 Å². The summed E-state index contributed by atoms with van der Waals surface area (Å²) in [6.45, 7) is 1.15. The molecular weight excluding hydrogens is 385 g/mol. The van der Waals surface area contributed by atoms with Crippen LogP contribution in [-0.2, 0) is 9.53 Å². The number of ether oxygens (including phenoxy) is 1. The van der Waals surface area contributed by atoms with Crippen LogP contribution in [0.2, 0.25) is 0 Å². The Morgan fingerprint density at radius 2 is 1.08 bits per heavy atom. The molecule has 0 radical (unpaired) electrons. The van der Waals surface area contributed by atoms with E-state index >= 15 is 0 Å². The van der Waals surface area contributed by atoms with Gasteiger partial charge in [-0.2, -0.15) is 43.9 Å². The number of carbonyl (C=O) groups is 1. The van der Waals surface area contributed by atoms with Gasteiger partial charge in [0.25, 0.3) is 0 Å². The van der Waals surface area contributed by atoms with Crippen LogP contribution in [0.1, 0.15) is 20.3 Å². The van der Waals surface area contributed by atoms with Gasteiger partial charge in [-0.05, 0) is 6.92 Å². The molecule has 0 bridgehead atoms. The Bertz CT molecular complexity index is 513. The third kappa shape index (κ3) is 2.32. The third-order valence-corrected chi connectivity index (χ3v) is 3.85. The van der Waals surface area contributed by atoms with E-state index in [9.17, 15) is 53.1 Å². The van der Waals surface area contributed by atoms with Gasteiger partial charge in [-0.15, -0.1) is 0 Å². The predicted molar refractivity (Wildman–Crippen MR) is 59.0 cm³/mol. The molecule has 0 aromatic rings. The molecule has 0 saturated heterocycles. The monoisotopic (exact) mass is 396 g/mol. The van der Waals surface area contributed by atoms with Crippen molar-refractivity contribution in [1.82, 2.24) is 0 Å². The van der Waals surface area contributed by atoms with Crippen molar-refractivity contribution in [3.05, 3.63) is 0 Å². The molecule has 0 spiro atoms. The van der Waals surface area contributed by atoms with Gasteiger partial charge in [0.15, 0.2) is 0 Å². The standard InChI is InChI=1S/C12H11F11O2/c1-3-25-6(24)5(2)4-7(13)8(14,15)10(18,19)12(22,23)11(20,21)9(7,16)17/h5H,3-4H2,1-2H3. The summed E-state index contributed by atoms with van der Waals surface area (Å²) in [5.74, 6) is -39.4. The minimum Gasteiger partial charge on any atom is -0.466 e. The maximum atomic E-state index is 14.3. The molecule has 13 heteroatoms. The Balaban J connectivity index is 3.58. The van der Waals surface area contributed by atoms with Crippen LogP contribution in [0.4, 0.5) is 48.3 Å². The summed E-state index contributed by atoms with van der Waals surface area (Å²) in [6, 6.07) is 0. The largest absolute Gasteiger partial charge is 0.466 e. The van der Waals surface area contributed by atoms with E-state index in [0.29, 0.717) is 6.92 Å². The Morgan fingerprint density at radius 3 is 1.40 bits per heavy atom. The van der Waals surface area contributed by atoms with E-state index in [-0.39, 0.29) is 0 Å². The number of halogens is 11. The molecule has 0 heterocycles. The van der Waals surface area contributed by atoms with Crippen molar-refractivity contribution in [2.75, 3.05) is 6.61 Å². The van der Waals surface area contributed by atoms with Crippen LogP contribution in [0.5, 0.6) is 0 Å². The van der Waals surface area contributed by atoms with Crippen molar-refractivity contribution in [2.24, 2.45) is 5.92 Å². The molecule has 2 nitrogen and oxygen atoms in total. The molecule has 0 aromatic heterocycles. The lowest BCUT2D eigenvalue weighted by Crippen LogP contribution is -2.83. The van der Waals surface area contributed by atoms with E-state index in [0.717, 1.165) is 6.92 Å². The molecule has 0 N–H and O–H groups in total. The fourth-order valence-electron chi connectivity index (χ4n) is 2.33. The molecule has 1 aliphatic carbocycles. The highest BCUT2D eigenvalue weighted by molar-refractivity contribution is 5.72. The average Bonchev–Trinajstić information content (AvgIpc) is 2.44. The second-order valence-corrected chi connectivity index (χ2v) is 5.53. The lowest BCUT2D eigenvalue weighted by Gasteiger charge is -2.52. The molecular formula is C12H11F11O2. The molecule has 0 amide bonds. The minimum atomic E-state index is -7.25. The van der Waals surface area contributed by atoms with E-state index in [2.05, 4.69) is 4.74 Å². The highest BCUT2D eigenvalue weighted by Crippen LogP contribution is 2.70. The Morgan fingerprint density at radius 1 is 0.760 bits per heavy atom. The molecule has 25 heavy (non-hydrogen) atoms. The smallest absolute Gasteiger partial charge is 0.384 e. The molecule has 1 fully saturated rings. The molecule has 0 aromatic carbocycles. The van der Waals surface area contributed by atoms with Gasteiger partial charge in [0, 0.05) is 6.42 Å². The van der Waals surface area contributed by atoms with E-state index in [4.69, 9.17) is 0 Å². The summed E-state index contributed by atoms with van der Waals surface area (Å²) in [6.07, 6.45) is -2.60. The molecule has 1 saturated carbocycles. The lowest BCUT2D eigenvalue weighted by atomic mass is 9.69. The molecule has 1 atom stereocenters. The second-order valence-electron chi connectivity index (χ2n) is 5.53. The Labute approximate surface area is 133 Å². The number of carbonyl (C=O) groups excluding carboxylic acids is 1. The quantitative estimate of drug-likeness (QED) is 0.518. The van der Waals surface area contributed by atoms with Crippen LogP contribution in [-0.4, -0.2) is 47.9 Å². The van der Waals surface area contributed by atoms with Gasteiger partial charge in [-0.25, -0.2) is 4.39 Å². The van der Waals surface area contributed by atoms with E-state index in [1.54, 1.807) is 0 Å². The first kappa shape index (κ1) is 21.7. The van der Waals surface area contributed by atoms with Crippen molar-refractivity contribution in [1.29, 1.82) is 0 Å². The van der Waals surface area contributed by atoms with Gasteiger partial charge in [0.05, 0.1) is 12.5 Å². The summed E-state index contributed by atoms with van der Waals surface area (Å²) < 4.78 is 152. The normalized spacial score (nSPS) is 28.8. The number of rotatable bonds is 4. The van der Waals surface area contributed by atoms with Crippen molar-refractivity contribution in [3.8, 4) is 0 Å². The first-order chi connectivity index (χ1) is 10.9. The molecule has 0 aliphatic heterocycles. The average molecular weight is 396 g/mol. The predicted octanol–water partition coefficient (Wildman–Crippen LogP) is 4.47. The van der Waals surface area contributed by atoms with Gasteiger partial charge < -0.3 is 4.74 Å². The van der Waals surface area contributed by atoms with E-state index in [1.165, 1.54) is 0 Å². The number of alkyl halides is 11. The molecule has 1 rings (SSSR count). The van der Waals surface area contributed by atoms with Crippen LogP contribution in [0.3, 0.4) is 0 Å². The number of hydrogen-bond acceptors (Lipinski definition) is 2. The fourth-order valence-corrected chi connectivity index (χ4v) is 2.33. The van der Waals surface area contributed by atoms with Crippen LogP contribution >= 0.6 is 0 Å². The van der Waals surface area contributed by atoms with E-state index < -0.39 is 60.2 Å². The number of esters is 1. The zero-order valence-corrected chi connectivity index (χ0v) is 12.5. The molecule has 148 valence electrons. The summed E-state index contributed by atoms with van der Waals surface area (Å²) in [4.78, 5) is 11.2. The Kier molecular flexibility index (Phi) is 4.87. The first-order valence-corrected chi connectivity index (χ1v) is 6.61. The topological polar surface area (TPSA) is 26.3 Å². The zero-order chi connectivity index (χ0) is 20.3. The second kappa shape index (κ2) is 5.60.